The molecule has 6 nitrogen and oxygen atoms in total. The fourth-order valence-electron chi connectivity index (χ4n) is 4.03. The van der Waals surface area contributed by atoms with Gasteiger partial charge in [0.25, 0.3) is 0 Å². The second-order valence-electron chi connectivity index (χ2n) is 7.38. The van der Waals surface area contributed by atoms with Gasteiger partial charge in [0, 0.05) is 19.3 Å². The van der Waals surface area contributed by atoms with Crippen LogP contribution in [0.2, 0.25) is 5.02 Å². The molecule has 10 heteroatoms. The van der Waals surface area contributed by atoms with E-state index in [2.05, 4.69) is 27.4 Å². The maximum absolute atomic E-state index is 12.3. The maximum Gasteiger partial charge on any atom is 0.397 e. The van der Waals surface area contributed by atoms with Crippen LogP contribution >= 0.6 is 11.6 Å². The summed E-state index contributed by atoms with van der Waals surface area (Å²) in [6.45, 7) is 1.99. The fraction of sp³-hybridized carbons (Fsp3) is 0.400. The predicted octanol–water partition coefficient (Wildman–Crippen LogP) is 4.16. The number of ether oxygens (including phenoxy) is 1. The number of fused-ring (bicyclic) bond motifs is 2. The SMILES string of the molecule is O=C(CC(F)(F)F)NNc1nccc(N2CCC3(CC2)OCc2ccccc23)c1Cl. The van der Waals surface area contributed by atoms with E-state index >= 15 is 0 Å². The van der Waals surface area contributed by atoms with Gasteiger partial charge in [-0.05, 0) is 30.0 Å². The molecule has 0 radical (unpaired) electrons. The van der Waals surface area contributed by atoms with Crippen molar-refractivity contribution in [2.75, 3.05) is 23.4 Å². The molecule has 160 valence electrons. The van der Waals surface area contributed by atoms with Crippen LogP contribution in [0.15, 0.2) is 36.5 Å². The van der Waals surface area contributed by atoms with Crippen molar-refractivity contribution in [3.8, 4) is 0 Å². The number of hydrazine groups is 1. The molecule has 0 bridgehead atoms. The highest BCUT2D eigenvalue weighted by Crippen LogP contribution is 2.45. The van der Waals surface area contributed by atoms with Crippen molar-refractivity contribution in [3.05, 3.63) is 52.7 Å². The van der Waals surface area contributed by atoms with Crippen LogP contribution in [0.5, 0.6) is 0 Å². The minimum Gasteiger partial charge on any atom is -0.370 e. The summed E-state index contributed by atoms with van der Waals surface area (Å²) in [6, 6.07) is 9.97. The Bertz CT molecular complexity index is 946. The molecular weight excluding hydrogens is 421 g/mol. The van der Waals surface area contributed by atoms with E-state index in [0.29, 0.717) is 25.4 Å². The highest BCUT2D eigenvalue weighted by Gasteiger charge is 2.42. The maximum atomic E-state index is 12.3. The van der Waals surface area contributed by atoms with E-state index in [1.165, 1.54) is 17.3 Å². The number of halogens is 4. The van der Waals surface area contributed by atoms with E-state index in [1.54, 1.807) is 6.07 Å². The third-order valence-corrected chi connectivity index (χ3v) is 5.85. The second kappa shape index (κ2) is 7.96. The molecule has 0 aliphatic carbocycles. The van der Waals surface area contributed by atoms with Gasteiger partial charge in [-0.2, -0.15) is 13.2 Å². The molecule has 2 aromatic rings. The van der Waals surface area contributed by atoms with Gasteiger partial charge >= 0.3 is 6.18 Å². The van der Waals surface area contributed by atoms with E-state index in [4.69, 9.17) is 16.3 Å². The zero-order chi connectivity index (χ0) is 21.4. The molecule has 2 N–H and O–H groups in total. The van der Waals surface area contributed by atoms with Crippen molar-refractivity contribution in [1.29, 1.82) is 0 Å². The molecule has 1 saturated heterocycles. The summed E-state index contributed by atoms with van der Waals surface area (Å²) >= 11 is 6.42. The number of nitrogens with zero attached hydrogens (tertiary/aromatic N) is 2. The average molecular weight is 441 g/mol. The number of pyridine rings is 1. The average Bonchev–Trinajstić information content (AvgIpc) is 3.05. The normalized spacial score (nSPS) is 17.7. The van der Waals surface area contributed by atoms with Gasteiger partial charge in [0.15, 0.2) is 5.82 Å². The fourth-order valence-corrected chi connectivity index (χ4v) is 4.31. The summed E-state index contributed by atoms with van der Waals surface area (Å²) in [6.07, 6.45) is -3.12. The van der Waals surface area contributed by atoms with Gasteiger partial charge in [-0.15, -0.1) is 0 Å². The number of alkyl halides is 3. The third-order valence-electron chi connectivity index (χ3n) is 5.47. The van der Waals surface area contributed by atoms with E-state index in [1.807, 2.05) is 17.6 Å². The van der Waals surface area contributed by atoms with Crippen molar-refractivity contribution in [1.82, 2.24) is 10.4 Å². The number of hydrogen-bond donors (Lipinski definition) is 2. The van der Waals surface area contributed by atoms with Gasteiger partial charge in [-0.25, -0.2) is 4.98 Å². The first kappa shape index (κ1) is 20.7. The van der Waals surface area contributed by atoms with Crippen molar-refractivity contribution in [3.63, 3.8) is 0 Å². The van der Waals surface area contributed by atoms with Gasteiger partial charge < -0.3 is 9.64 Å². The number of anilines is 2. The van der Waals surface area contributed by atoms with E-state index in [-0.39, 0.29) is 16.4 Å². The first-order chi connectivity index (χ1) is 14.3. The van der Waals surface area contributed by atoms with Gasteiger partial charge in [0.2, 0.25) is 5.91 Å². The molecule has 1 aromatic carbocycles. The molecule has 3 heterocycles. The summed E-state index contributed by atoms with van der Waals surface area (Å²) in [5.74, 6) is -1.13. The lowest BCUT2D eigenvalue weighted by Gasteiger charge is -2.40. The summed E-state index contributed by atoms with van der Waals surface area (Å²) in [5.41, 5.74) is 7.22. The quantitative estimate of drug-likeness (QED) is 0.699. The van der Waals surface area contributed by atoms with Crippen LogP contribution in [0.3, 0.4) is 0 Å². The molecule has 30 heavy (non-hydrogen) atoms. The number of nitrogens with one attached hydrogen (secondary N) is 2. The van der Waals surface area contributed by atoms with E-state index in [9.17, 15) is 18.0 Å². The van der Waals surface area contributed by atoms with Crippen molar-refractivity contribution in [2.24, 2.45) is 0 Å². The summed E-state index contributed by atoms with van der Waals surface area (Å²) in [5, 5.41) is 0.230. The largest absolute Gasteiger partial charge is 0.397 e. The molecule has 1 aromatic heterocycles. The molecule has 2 aliphatic rings. The monoisotopic (exact) mass is 440 g/mol. The van der Waals surface area contributed by atoms with Crippen molar-refractivity contribution in [2.45, 2.75) is 37.6 Å². The highest BCUT2D eigenvalue weighted by atomic mass is 35.5. The van der Waals surface area contributed by atoms with Crippen molar-refractivity contribution < 1.29 is 22.7 Å². The lowest BCUT2D eigenvalue weighted by molar-refractivity contribution is -0.153. The number of carbonyl (C=O) groups is 1. The van der Waals surface area contributed by atoms with Crippen LogP contribution in [-0.4, -0.2) is 30.2 Å². The number of carbonyl (C=O) groups excluding carboxylic acids is 1. The molecule has 2 aliphatic heterocycles. The number of aromatic nitrogens is 1. The molecular formula is C20H20ClF3N4O2. The van der Waals surface area contributed by atoms with Crippen molar-refractivity contribution >= 4 is 29.0 Å². The molecule has 1 fully saturated rings. The number of hydrogen-bond acceptors (Lipinski definition) is 5. The molecule has 0 atom stereocenters. The first-order valence-electron chi connectivity index (χ1n) is 9.51. The summed E-state index contributed by atoms with van der Waals surface area (Å²) in [4.78, 5) is 17.5. The zero-order valence-electron chi connectivity index (χ0n) is 15.9. The second-order valence-corrected chi connectivity index (χ2v) is 7.76. The van der Waals surface area contributed by atoms with E-state index in [0.717, 1.165) is 12.8 Å². The van der Waals surface area contributed by atoms with Crippen LogP contribution in [0.4, 0.5) is 24.7 Å². The molecule has 0 unspecified atom stereocenters. The Labute approximate surface area is 176 Å². The number of benzene rings is 1. The summed E-state index contributed by atoms with van der Waals surface area (Å²) in [7, 11) is 0. The van der Waals surface area contributed by atoms with Gasteiger partial charge in [0.05, 0.1) is 17.9 Å². The summed E-state index contributed by atoms with van der Waals surface area (Å²) < 4.78 is 43.0. The van der Waals surface area contributed by atoms with Crippen LogP contribution < -0.4 is 15.8 Å². The van der Waals surface area contributed by atoms with E-state index < -0.39 is 18.5 Å². The Hall–Kier alpha value is -2.52. The van der Waals surface area contributed by atoms with Gasteiger partial charge in [-0.1, -0.05) is 35.9 Å². The van der Waals surface area contributed by atoms with Crippen LogP contribution in [0.1, 0.15) is 30.4 Å². The topological polar surface area (TPSA) is 66.5 Å². The number of rotatable bonds is 4. The third kappa shape index (κ3) is 4.17. The Kier molecular flexibility index (Phi) is 5.50. The Morgan fingerprint density at radius 3 is 2.70 bits per heavy atom. The Morgan fingerprint density at radius 1 is 1.23 bits per heavy atom. The smallest absolute Gasteiger partial charge is 0.370 e. The molecule has 1 amide bonds. The van der Waals surface area contributed by atoms with Gasteiger partial charge in [-0.3, -0.25) is 15.6 Å². The minimum absolute atomic E-state index is 0.0902. The van der Waals surface area contributed by atoms with Crippen LogP contribution in [0.25, 0.3) is 0 Å². The Balaban J connectivity index is 1.42. The lowest BCUT2D eigenvalue weighted by atomic mass is 9.83. The van der Waals surface area contributed by atoms with Crippen LogP contribution in [-0.2, 0) is 21.7 Å². The molecule has 1 spiro atoms. The first-order valence-corrected chi connectivity index (χ1v) is 9.89. The minimum atomic E-state index is -4.59. The number of amides is 1. The lowest BCUT2D eigenvalue weighted by Crippen LogP contribution is -2.42. The van der Waals surface area contributed by atoms with Gasteiger partial charge in [0.1, 0.15) is 11.4 Å². The highest BCUT2D eigenvalue weighted by molar-refractivity contribution is 6.35. The van der Waals surface area contributed by atoms with Crippen LogP contribution in [0, 0.1) is 0 Å². The zero-order valence-corrected chi connectivity index (χ0v) is 16.7. The molecule has 0 saturated carbocycles. The Morgan fingerprint density at radius 2 is 1.97 bits per heavy atom. The molecule has 4 rings (SSSR count). The predicted molar refractivity (Wildman–Crippen MR) is 106 cm³/mol. The number of piperidine rings is 1. The standard InChI is InChI=1S/C20H20ClF3N4O2/c21-17-15(5-8-25-18(17)27-26-16(29)11-20(22,23)24)28-9-6-19(7-10-28)14-4-2-1-3-13(14)12-30-19/h1-5,8H,6-7,9-12H2,(H,25,27)(H,26,29).